The normalized spacial score (nSPS) is 10.1. The van der Waals surface area contributed by atoms with Gasteiger partial charge in [-0.05, 0) is 22.9 Å². The van der Waals surface area contributed by atoms with Crippen LogP contribution in [0.5, 0.6) is 0 Å². The molecule has 0 aliphatic rings. The van der Waals surface area contributed by atoms with Crippen molar-refractivity contribution < 1.29 is 4.74 Å². The molecular weight excluding hydrogens is 274 g/mol. The Bertz CT molecular complexity index is 417. The second-order valence-corrected chi connectivity index (χ2v) is 4.12. The first-order valence-corrected chi connectivity index (χ1v) is 5.59. The first-order valence-electron chi connectivity index (χ1n) is 4.80. The van der Waals surface area contributed by atoms with Crippen LogP contribution in [0, 0.1) is 0 Å². The van der Waals surface area contributed by atoms with E-state index in [-0.39, 0.29) is 5.56 Å². The van der Waals surface area contributed by atoms with Crippen molar-refractivity contribution in [2.75, 3.05) is 25.1 Å². The van der Waals surface area contributed by atoms with E-state index in [2.05, 4.69) is 37.8 Å². The van der Waals surface area contributed by atoms with E-state index in [1.807, 2.05) is 6.92 Å². The molecule has 0 radical (unpaired) electrons. The van der Waals surface area contributed by atoms with Crippen LogP contribution in [0.25, 0.3) is 0 Å². The number of ether oxygens (including phenoxy) is 1. The van der Waals surface area contributed by atoms with Crippen LogP contribution in [0.15, 0.2) is 27.7 Å². The predicted octanol–water partition coefficient (Wildman–Crippen LogP) is 1.54. The second kappa shape index (κ2) is 6.44. The number of anilines is 1. The van der Waals surface area contributed by atoms with Gasteiger partial charge >= 0.3 is 0 Å². The third-order valence-electron chi connectivity index (χ3n) is 1.68. The van der Waals surface area contributed by atoms with Crippen molar-refractivity contribution in [1.29, 1.82) is 0 Å². The molecule has 0 atom stereocenters. The van der Waals surface area contributed by atoms with Crippen LogP contribution in [-0.4, -0.2) is 29.7 Å². The van der Waals surface area contributed by atoms with Crippen LogP contribution in [-0.2, 0) is 4.74 Å². The zero-order chi connectivity index (χ0) is 12.0. The van der Waals surface area contributed by atoms with Crippen molar-refractivity contribution in [1.82, 2.24) is 9.97 Å². The lowest BCUT2D eigenvalue weighted by molar-refractivity contribution is 0.167. The number of halogens is 1. The number of rotatable bonds is 6. The molecule has 0 aliphatic carbocycles. The van der Waals surface area contributed by atoms with Gasteiger partial charge in [-0.1, -0.05) is 12.2 Å². The Labute approximate surface area is 102 Å². The number of aromatic amines is 1. The summed E-state index contributed by atoms with van der Waals surface area (Å²) in [5.41, 5.74) is 0.774. The molecule has 0 aromatic carbocycles. The molecule has 2 N–H and O–H groups in total. The highest BCUT2D eigenvalue weighted by Gasteiger charge is 2.03. The smallest absolute Gasteiger partial charge is 0.267 e. The average molecular weight is 288 g/mol. The van der Waals surface area contributed by atoms with Gasteiger partial charge in [0.05, 0.1) is 19.5 Å². The minimum absolute atomic E-state index is 0.208. The third-order valence-corrected chi connectivity index (χ3v) is 2.42. The standard InChI is InChI=1S/C10H14BrN3O2/c1-7(2)5-16-4-3-12-9-8(11)10(15)14-6-13-9/h6H,1,3-5H2,2H3,(H2,12,13,14,15). The molecule has 5 nitrogen and oxygen atoms in total. The number of hydrogen-bond donors (Lipinski definition) is 2. The highest BCUT2D eigenvalue weighted by molar-refractivity contribution is 9.10. The quantitative estimate of drug-likeness (QED) is 0.615. The van der Waals surface area contributed by atoms with Crippen molar-refractivity contribution in [3.8, 4) is 0 Å². The Hall–Kier alpha value is -1.14. The van der Waals surface area contributed by atoms with Gasteiger partial charge < -0.3 is 15.0 Å². The molecule has 0 bridgehead atoms. The summed E-state index contributed by atoms with van der Waals surface area (Å²) in [6.07, 6.45) is 1.35. The van der Waals surface area contributed by atoms with Crippen molar-refractivity contribution >= 4 is 21.7 Å². The van der Waals surface area contributed by atoms with Crippen LogP contribution in [0.3, 0.4) is 0 Å². The maximum Gasteiger partial charge on any atom is 0.267 e. The van der Waals surface area contributed by atoms with Crippen molar-refractivity contribution in [2.45, 2.75) is 6.92 Å². The number of aromatic nitrogens is 2. The van der Waals surface area contributed by atoms with Crippen molar-refractivity contribution in [2.24, 2.45) is 0 Å². The lowest BCUT2D eigenvalue weighted by atomic mass is 10.4. The Kier molecular flexibility index (Phi) is 5.21. The van der Waals surface area contributed by atoms with Crippen molar-refractivity contribution in [3.05, 3.63) is 33.3 Å². The Morgan fingerprint density at radius 2 is 2.50 bits per heavy atom. The number of nitrogens with one attached hydrogen (secondary N) is 2. The molecule has 0 aliphatic heterocycles. The molecule has 0 unspecified atom stereocenters. The molecule has 6 heteroatoms. The third kappa shape index (κ3) is 4.16. The molecule has 88 valence electrons. The SMILES string of the molecule is C=C(C)COCCNc1nc[nH]c(=O)c1Br. The fourth-order valence-corrected chi connectivity index (χ4v) is 1.35. The number of H-pyrrole nitrogens is 1. The van der Waals surface area contributed by atoms with Crippen LogP contribution in [0.1, 0.15) is 6.92 Å². The molecule has 16 heavy (non-hydrogen) atoms. The Morgan fingerprint density at radius 1 is 1.75 bits per heavy atom. The molecule has 1 aromatic heterocycles. The van der Waals surface area contributed by atoms with E-state index < -0.39 is 0 Å². The molecule has 0 saturated heterocycles. The van der Waals surface area contributed by atoms with E-state index >= 15 is 0 Å². The van der Waals surface area contributed by atoms with Crippen LogP contribution < -0.4 is 10.9 Å². The Balaban J connectivity index is 2.35. The summed E-state index contributed by atoms with van der Waals surface area (Å²) in [5.74, 6) is 0.516. The number of nitrogens with zero attached hydrogens (tertiary/aromatic N) is 1. The number of hydrogen-bond acceptors (Lipinski definition) is 4. The highest BCUT2D eigenvalue weighted by atomic mass is 79.9. The molecule has 0 amide bonds. The van der Waals surface area contributed by atoms with Gasteiger partial charge in [-0.3, -0.25) is 4.79 Å². The largest absolute Gasteiger partial charge is 0.375 e. The lowest BCUT2D eigenvalue weighted by Gasteiger charge is -2.07. The van der Waals surface area contributed by atoms with E-state index in [9.17, 15) is 4.79 Å². The topological polar surface area (TPSA) is 67.0 Å². The fourth-order valence-electron chi connectivity index (χ4n) is 0.994. The molecule has 1 heterocycles. The van der Waals surface area contributed by atoms with Crippen molar-refractivity contribution in [3.63, 3.8) is 0 Å². The Morgan fingerprint density at radius 3 is 3.19 bits per heavy atom. The van der Waals surface area contributed by atoms with Gasteiger partial charge in [-0.2, -0.15) is 0 Å². The lowest BCUT2D eigenvalue weighted by Crippen LogP contribution is -2.15. The van der Waals surface area contributed by atoms with E-state index in [1.54, 1.807) is 0 Å². The van der Waals surface area contributed by atoms with Crippen LogP contribution in [0.4, 0.5) is 5.82 Å². The summed E-state index contributed by atoms with van der Waals surface area (Å²) in [7, 11) is 0. The van der Waals surface area contributed by atoms with Gasteiger partial charge in [0.15, 0.2) is 0 Å². The summed E-state index contributed by atoms with van der Waals surface area (Å²) in [5, 5.41) is 2.99. The van der Waals surface area contributed by atoms with E-state index in [0.717, 1.165) is 5.57 Å². The van der Waals surface area contributed by atoms with Gasteiger partial charge in [0.25, 0.3) is 5.56 Å². The van der Waals surface area contributed by atoms with Gasteiger partial charge in [0.2, 0.25) is 0 Å². The first kappa shape index (κ1) is 12.9. The monoisotopic (exact) mass is 287 g/mol. The van der Waals surface area contributed by atoms with Crippen LogP contribution >= 0.6 is 15.9 Å². The van der Waals surface area contributed by atoms with Gasteiger partial charge in [0.1, 0.15) is 10.3 Å². The highest BCUT2D eigenvalue weighted by Crippen LogP contribution is 2.12. The summed E-state index contributed by atoms with van der Waals surface area (Å²) < 4.78 is 5.69. The zero-order valence-electron chi connectivity index (χ0n) is 9.05. The van der Waals surface area contributed by atoms with E-state index in [0.29, 0.717) is 30.0 Å². The molecule has 1 rings (SSSR count). The summed E-state index contributed by atoms with van der Waals surface area (Å²) in [6, 6.07) is 0. The molecule has 1 aromatic rings. The fraction of sp³-hybridized carbons (Fsp3) is 0.400. The zero-order valence-corrected chi connectivity index (χ0v) is 10.6. The first-order chi connectivity index (χ1) is 7.61. The van der Waals surface area contributed by atoms with Crippen LogP contribution in [0.2, 0.25) is 0 Å². The molecule has 0 spiro atoms. The van der Waals surface area contributed by atoms with Gasteiger partial charge in [-0.25, -0.2) is 4.98 Å². The van der Waals surface area contributed by atoms with E-state index in [4.69, 9.17) is 4.74 Å². The summed E-state index contributed by atoms with van der Waals surface area (Å²) in [6.45, 7) is 7.30. The van der Waals surface area contributed by atoms with E-state index in [1.165, 1.54) is 6.33 Å². The minimum Gasteiger partial charge on any atom is -0.375 e. The predicted molar refractivity (Wildman–Crippen MR) is 66.7 cm³/mol. The minimum atomic E-state index is -0.208. The van der Waals surface area contributed by atoms with Gasteiger partial charge in [-0.15, -0.1) is 0 Å². The summed E-state index contributed by atoms with van der Waals surface area (Å²) in [4.78, 5) is 17.6. The molecular formula is C10H14BrN3O2. The second-order valence-electron chi connectivity index (χ2n) is 3.33. The average Bonchev–Trinajstić information content (AvgIpc) is 2.23. The maximum absolute atomic E-state index is 11.2. The summed E-state index contributed by atoms with van der Waals surface area (Å²) >= 11 is 3.15. The maximum atomic E-state index is 11.2. The molecule has 0 saturated carbocycles. The van der Waals surface area contributed by atoms with Gasteiger partial charge in [0, 0.05) is 6.54 Å². The molecule has 0 fully saturated rings.